The number of hydrogen-bond donors (Lipinski definition) is 1. The topological polar surface area (TPSA) is 75.2 Å². The maximum atomic E-state index is 13.2. The second-order valence-corrected chi connectivity index (χ2v) is 9.48. The van der Waals surface area contributed by atoms with Gasteiger partial charge in [0.1, 0.15) is 5.69 Å². The average molecular weight is 437 g/mol. The monoisotopic (exact) mass is 436 g/mol. The van der Waals surface area contributed by atoms with E-state index in [0.29, 0.717) is 18.7 Å². The summed E-state index contributed by atoms with van der Waals surface area (Å²) in [5.74, 6) is -0.116. The predicted molar refractivity (Wildman–Crippen MR) is 124 cm³/mol. The maximum absolute atomic E-state index is 13.2. The fraction of sp³-hybridized carbons (Fsp3) is 0.417. The third-order valence-corrected chi connectivity index (χ3v) is 6.86. The molecule has 0 radical (unpaired) electrons. The number of aryl methyl sites for hydroxylation is 1. The zero-order chi connectivity index (χ0) is 22.0. The van der Waals surface area contributed by atoms with Gasteiger partial charge in [-0.2, -0.15) is 0 Å². The number of carbonyl (C=O) groups is 2. The van der Waals surface area contributed by atoms with Crippen molar-refractivity contribution in [3.63, 3.8) is 0 Å². The lowest BCUT2D eigenvalue weighted by Crippen LogP contribution is -2.45. The van der Waals surface area contributed by atoms with Gasteiger partial charge in [-0.15, -0.1) is 11.3 Å². The summed E-state index contributed by atoms with van der Waals surface area (Å²) in [4.78, 5) is 37.4. The zero-order valence-electron chi connectivity index (χ0n) is 18.2. The van der Waals surface area contributed by atoms with Crippen molar-refractivity contribution in [1.82, 2.24) is 20.2 Å². The van der Waals surface area contributed by atoms with Gasteiger partial charge in [-0.05, 0) is 63.5 Å². The molecular weight excluding hydrogens is 408 g/mol. The van der Waals surface area contributed by atoms with Crippen molar-refractivity contribution in [3.8, 4) is 0 Å². The summed E-state index contributed by atoms with van der Waals surface area (Å²) in [6.07, 6.45) is 6.82. The zero-order valence-corrected chi connectivity index (χ0v) is 19.0. The molecule has 3 aromatic rings. The van der Waals surface area contributed by atoms with Gasteiger partial charge in [0.25, 0.3) is 11.8 Å². The summed E-state index contributed by atoms with van der Waals surface area (Å²) in [6, 6.07) is 8.24. The van der Waals surface area contributed by atoms with E-state index in [4.69, 9.17) is 0 Å². The quantitative estimate of drug-likeness (QED) is 0.644. The van der Waals surface area contributed by atoms with Crippen LogP contribution in [0, 0.1) is 6.92 Å². The first-order chi connectivity index (χ1) is 14.9. The van der Waals surface area contributed by atoms with Crippen LogP contribution in [0.4, 0.5) is 0 Å². The highest BCUT2D eigenvalue weighted by Crippen LogP contribution is 2.34. The Morgan fingerprint density at radius 1 is 1.19 bits per heavy atom. The van der Waals surface area contributed by atoms with Crippen molar-refractivity contribution in [2.45, 2.75) is 58.5 Å². The fourth-order valence-electron chi connectivity index (χ4n) is 4.18. The molecule has 1 atom stereocenters. The molecule has 4 rings (SSSR count). The second kappa shape index (κ2) is 9.14. The van der Waals surface area contributed by atoms with Gasteiger partial charge in [-0.3, -0.25) is 14.6 Å². The predicted octanol–water partition coefficient (Wildman–Crippen LogP) is 4.38. The maximum Gasteiger partial charge on any atom is 0.274 e. The Balaban J connectivity index is 1.67. The normalized spacial score (nSPS) is 16.6. The van der Waals surface area contributed by atoms with Crippen LogP contribution in [-0.2, 0) is 6.42 Å². The van der Waals surface area contributed by atoms with Crippen molar-refractivity contribution >= 4 is 33.2 Å². The van der Waals surface area contributed by atoms with Gasteiger partial charge >= 0.3 is 0 Å². The van der Waals surface area contributed by atoms with Gasteiger partial charge in [0.05, 0.1) is 16.8 Å². The summed E-state index contributed by atoms with van der Waals surface area (Å²) >= 11 is 1.53. The van der Waals surface area contributed by atoms with Crippen LogP contribution < -0.4 is 5.32 Å². The average Bonchev–Trinajstić information content (AvgIpc) is 3.12. The molecule has 0 saturated carbocycles. The van der Waals surface area contributed by atoms with Crippen LogP contribution in [0.3, 0.4) is 0 Å². The van der Waals surface area contributed by atoms with Crippen molar-refractivity contribution in [3.05, 3.63) is 58.5 Å². The molecule has 1 N–H and O–H groups in total. The molecule has 0 bridgehead atoms. The molecule has 1 aliphatic heterocycles. The molecule has 0 unspecified atom stereocenters. The van der Waals surface area contributed by atoms with Gasteiger partial charge in [0.15, 0.2) is 0 Å². The van der Waals surface area contributed by atoms with E-state index in [1.54, 1.807) is 12.4 Å². The third kappa shape index (κ3) is 4.61. The third-order valence-electron chi connectivity index (χ3n) is 5.65. The van der Waals surface area contributed by atoms with E-state index < -0.39 is 0 Å². The Hall–Kier alpha value is -2.80. The van der Waals surface area contributed by atoms with E-state index in [2.05, 4.69) is 27.4 Å². The van der Waals surface area contributed by atoms with Crippen LogP contribution in [-0.4, -0.2) is 45.3 Å². The van der Waals surface area contributed by atoms with Gasteiger partial charge < -0.3 is 10.2 Å². The first-order valence-electron chi connectivity index (χ1n) is 10.8. The molecule has 2 amide bonds. The minimum Gasteiger partial charge on any atom is -0.349 e. The molecule has 1 aromatic carbocycles. The standard InChI is InChI=1S/C24H28N4O2S/c1-15(2)27-23(29)22-19(18-9-4-5-10-21(18)31-22)12-17-8-6-7-11-28(17)24(30)20-14-25-16(3)13-26-20/h4-5,9-10,13-15,17H,6-8,11-12H2,1-3H3,(H,27,29)/t17-/m0/s1. The molecular formula is C24H28N4O2S. The van der Waals surface area contributed by atoms with Crippen molar-refractivity contribution < 1.29 is 9.59 Å². The number of nitrogens with zero attached hydrogens (tertiary/aromatic N) is 3. The van der Waals surface area contributed by atoms with Crippen LogP contribution in [0.15, 0.2) is 36.7 Å². The SMILES string of the molecule is Cc1cnc(C(=O)N2CCCC[C@H]2Cc2c(C(=O)NC(C)C)sc3ccccc23)cn1. The Morgan fingerprint density at radius 2 is 2.00 bits per heavy atom. The highest BCUT2D eigenvalue weighted by Gasteiger charge is 2.31. The summed E-state index contributed by atoms with van der Waals surface area (Å²) in [5, 5.41) is 4.14. The molecule has 2 aromatic heterocycles. The van der Waals surface area contributed by atoms with Gasteiger partial charge in [-0.25, -0.2) is 4.98 Å². The number of aromatic nitrogens is 2. The Kier molecular flexibility index (Phi) is 6.32. The van der Waals surface area contributed by atoms with E-state index in [0.717, 1.165) is 45.5 Å². The van der Waals surface area contributed by atoms with E-state index >= 15 is 0 Å². The van der Waals surface area contributed by atoms with E-state index in [1.807, 2.05) is 37.8 Å². The largest absolute Gasteiger partial charge is 0.349 e. The second-order valence-electron chi connectivity index (χ2n) is 8.43. The highest BCUT2D eigenvalue weighted by atomic mass is 32.1. The highest BCUT2D eigenvalue weighted by molar-refractivity contribution is 7.21. The molecule has 31 heavy (non-hydrogen) atoms. The Morgan fingerprint density at radius 3 is 2.74 bits per heavy atom. The molecule has 1 aliphatic rings. The van der Waals surface area contributed by atoms with E-state index in [1.165, 1.54) is 11.3 Å². The Bertz CT molecular complexity index is 1090. The molecule has 162 valence electrons. The molecule has 1 fully saturated rings. The first kappa shape index (κ1) is 21.4. The minimum absolute atomic E-state index is 0.0351. The number of carbonyl (C=O) groups excluding carboxylic acids is 2. The van der Waals surface area contributed by atoms with Crippen LogP contribution in [0.2, 0.25) is 0 Å². The number of rotatable bonds is 5. The number of fused-ring (bicyclic) bond motifs is 1. The lowest BCUT2D eigenvalue weighted by atomic mass is 9.93. The van der Waals surface area contributed by atoms with Crippen LogP contribution in [0.5, 0.6) is 0 Å². The van der Waals surface area contributed by atoms with Crippen LogP contribution >= 0.6 is 11.3 Å². The lowest BCUT2D eigenvalue weighted by molar-refractivity contribution is 0.0607. The van der Waals surface area contributed by atoms with Crippen LogP contribution in [0.1, 0.15) is 64.5 Å². The van der Waals surface area contributed by atoms with Crippen molar-refractivity contribution in [1.29, 1.82) is 0 Å². The summed E-state index contributed by atoms with van der Waals surface area (Å²) < 4.78 is 1.10. The smallest absolute Gasteiger partial charge is 0.274 e. The molecule has 3 heterocycles. The van der Waals surface area contributed by atoms with Crippen molar-refractivity contribution in [2.24, 2.45) is 0 Å². The molecule has 0 spiro atoms. The number of benzene rings is 1. The molecule has 6 nitrogen and oxygen atoms in total. The number of amides is 2. The molecule has 1 saturated heterocycles. The van der Waals surface area contributed by atoms with Gasteiger partial charge in [0, 0.05) is 29.5 Å². The van der Waals surface area contributed by atoms with Crippen LogP contribution in [0.25, 0.3) is 10.1 Å². The number of nitrogens with one attached hydrogen (secondary N) is 1. The molecule has 7 heteroatoms. The van der Waals surface area contributed by atoms with Crippen molar-refractivity contribution in [2.75, 3.05) is 6.54 Å². The van der Waals surface area contributed by atoms with Gasteiger partial charge in [-0.1, -0.05) is 18.2 Å². The number of thiophene rings is 1. The lowest BCUT2D eigenvalue weighted by Gasteiger charge is -2.35. The minimum atomic E-state index is -0.0788. The number of hydrogen-bond acceptors (Lipinski definition) is 5. The fourth-order valence-corrected chi connectivity index (χ4v) is 5.31. The summed E-state index contributed by atoms with van der Waals surface area (Å²) in [7, 11) is 0. The van der Waals surface area contributed by atoms with E-state index in [-0.39, 0.29) is 23.9 Å². The molecule has 0 aliphatic carbocycles. The summed E-state index contributed by atoms with van der Waals surface area (Å²) in [5.41, 5.74) is 2.21. The summed E-state index contributed by atoms with van der Waals surface area (Å²) in [6.45, 7) is 6.50. The van der Waals surface area contributed by atoms with E-state index in [9.17, 15) is 9.59 Å². The number of piperidine rings is 1. The van der Waals surface area contributed by atoms with Gasteiger partial charge in [0.2, 0.25) is 0 Å². The first-order valence-corrected chi connectivity index (χ1v) is 11.7. The number of likely N-dealkylation sites (tertiary alicyclic amines) is 1. The Labute approximate surface area is 186 Å².